The minimum absolute atomic E-state index is 0.00411. The van der Waals surface area contributed by atoms with Crippen LogP contribution in [-0.2, 0) is 9.53 Å². The summed E-state index contributed by atoms with van der Waals surface area (Å²) in [4.78, 5) is 14.3. The maximum atomic E-state index is 12.0. The van der Waals surface area contributed by atoms with Crippen LogP contribution < -0.4 is 11.1 Å². The number of morpholine rings is 1. The first-order chi connectivity index (χ1) is 10.1. The van der Waals surface area contributed by atoms with E-state index >= 15 is 0 Å². The molecular formula is C15H20ClN3O2. The molecule has 2 aliphatic rings. The number of carbonyl (C=O) groups is 1. The number of hydrogen-bond acceptors (Lipinski definition) is 4. The van der Waals surface area contributed by atoms with Crippen molar-refractivity contribution in [1.29, 1.82) is 0 Å². The fourth-order valence-corrected chi connectivity index (χ4v) is 3.10. The predicted molar refractivity (Wildman–Crippen MR) is 83.4 cm³/mol. The molecule has 2 saturated heterocycles. The van der Waals surface area contributed by atoms with Crippen molar-refractivity contribution in [2.45, 2.75) is 31.5 Å². The van der Waals surface area contributed by atoms with Crippen molar-refractivity contribution in [3.05, 3.63) is 23.2 Å². The summed E-state index contributed by atoms with van der Waals surface area (Å²) in [5.74, 6) is -0.00411. The van der Waals surface area contributed by atoms with E-state index in [-0.39, 0.29) is 5.91 Å². The van der Waals surface area contributed by atoms with Crippen LogP contribution in [0.2, 0.25) is 5.02 Å². The number of nitrogens with zero attached hydrogens (tertiary/aromatic N) is 1. The summed E-state index contributed by atoms with van der Waals surface area (Å²) in [5.41, 5.74) is 6.88. The second-order valence-electron chi connectivity index (χ2n) is 5.75. The van der Waals surface area contributed by atoms with Gasteiger partial charge in [-0.1, -0.05) is 11.6 Å². The van der Waals surface area contributed by atoms with Gasteiger partial charge in [-0.3, -0.25) is 9.69 Å². The SMILES string of the molecule is Nc1cc(NC(=O)CCN2CC3CCC(C2)O3)ccc1Cl. The fraction of sp³-hybridized carbons (Fsp3) is 0.533. The monoisotopic (exact) mass is 309 g/mol. The Kier molecular flexibility index (Phi) is 4.33. The normalized spacial score (nSPS) is 25.0. The number of ether oxygens (including phenoxy) is 1. The second kappa shape index (κ2) is 6.22. The first-order valence-corrected chi connectivity index (χ1v) is 7.70. The van der Waals surface area contributed by atoms with Gasteiger partial charge in [-0.2, -0.15) is 0 Å². The Labute approximate surface area is 129 Å². The molecule has 2 fully saturated rings. The van der Waals surface area contributed by atoms with Crippen LogP contribution in [0.15, 0.2) is 18.2 Å². The zero-order valence-electron chi connectivity index (χ0n) is 11.8. The van der Waals surface area contributed by atoms with Gasteiger partial charge in [0.2, 0.25) is 5.91 Å². The Hall–Kier alpha value is -1.30. The van der Waals surface area contributed by atoms with Gasteiger partial charge in [0.1, 0.15) is 0 Å². The third-order valence-electron chi connectivity index (χ3n) is 4.05. The molecule has 0 spiro atoms. The van der Waals surface area contributed by atoms with Crippen molar-refractivity contribution in [3.8, 4) is 0 Å². The van der Waals surface area contributed by atoms with Crippen LogP contribution in [0, 0.1) is 0 Å². The van der Waals surface area contributed by atoms with Crippen LogP contribution in [0.3, 0.4) is 0 Å². The first-order valence-electron chi connectivity index (χ1n) is 7.33. The standard InChI is InChI=1S/C15H20ClN3O2/c16-13-4-1-10(7-14(13)17)18-15(20)5-6-19-8-11-2-3-12(9-19)21-11/h1,4,7,11-12H,2-3,5-6,8-9,17H2,(H,18,20). The maximum Gasteiger partial charge on any atom is 0.225 e. The van der Waals surface area contributed by atoms with Gasteiger partial charge in [-0.15, -0.1) is 0 Å². The van der Waals surface area contributed by atoms with Crippen molar-refractivity contribution >= 4 is 28.9 Å². The molecule has 5 nitrogen and oxygen atoms in total. The van der Waals surface area contributed by atoms with Gasteiger partial charge in [-0.25, -0.2) is 0 Å². The average molecular weight is 310 g/mol. The number of carbonyl (C=O) groups excluding carboxylic acids is 1. The van der Waals surface area contributed by atoms with Crippen molar-refractivity contribution in [2.75, 3.05) is 30.7 Å². The summed E-state index contributed by atoms with van der Waals surface area (Å²) in [7, 11) is 0. The van der Waals surface area contributed by atoms with Gasteiger partial charge in [0, 0.05) is 31.7 Å². The lowest BCUT2D eigenvalue weighted by molar-refractivity contribution is -0.117. The highest BCUT2D eigenvalue weighted by Gasteiger charge is 2.33. The highest BCUT2D eigenvalue weighted by Crippen LogP contribution is 2.26. The molecule has 0 aromatic heterocycles. The Morgan fingerprint density at radius 1 is 1.38 bits per heavy atom. The lowest BCUT2D eigenvalue weighted by Crippen LogP contribution is -2.43. The lowest BCUT2D eigenvalue weighted by atomic mass is 10.2. The van der Waals surface area contributed by atoms with E-state index in [1.807, 2.05) is 0 Å². The van der Waals surface area contributed by atoms with E-state index in [0.29, 0.717) is 35.0 Å². The third kappa shape index (κ3) is 3.67. The molecule has 1 aromatic carbocycles. The number of nitrogen functional groups attached to an aromatic ring is 1. The highest BCUT2D eigenvalue weighted by atomic mass is 35.5. The van der Waals surface area contributed by atoms with E-state index in [9.17, 15) is 4.79 Å². The zero-order chi connectivity index (χ0) is 14.8. The molecule has 1 amide bonds. The lowest BCUT2D eigenvalue weighted by Gasteiger charge is -2.31. The van der Waals surface area contributed by atoms with Crippen molar-refractivity contribution in [2.24, 2.45) is 0 Å². The number of halogens is 1. The zero-order valence-corrected chi connectivity index (χ0v) is 12.6. The molecule has 2 atom stereocenters. The molecule has 2 unspecified atom stereocenters. The fourth-order valence-electron chi connectivity index (χ4n) is 2.99. The van der Waals surface area contributed by atoms with Crippen molar-refractivity contribution < 1.29 is 9.53 Å². The number of hydrogen-bond donors (Lipinski definition) is 2. The van der Waals surface area contributed by atoms with Gasteiger partial charge in [0.15, 0.2) is 0 Å². The van der Waals surface area contributed by atoms with E-state index in [1.54, 1.807) is 18.2 Å². The minimum atomic E-state index is -0.00411. The summed E-state index contributed by atoms with van der Waals surface area (Å²) >= 11 is 5.86. The summed E-state index contributed by atoms with van der Waals surface area (Å²) in [6, 6.07) is 5.12. The topological polar surface area (TPSA) is 67.6 Å². The predicted octanol–water partition coefficient (Wildman–Crippen LogP) is 2.11. The highest BCUT2D eigenvalue weighted by molar-refractivity contribution is 6.33. The van der Waals surface area contributed by atoms with Gasteiger partial charge in [0.05, 0.1) is 22.9 Å². The molecule has 3 rings (SSSR count). The maximum absolute atomic E-state index is 12.0. The summed E-state index contributed by atoms with van der Waals surface area (Å²) in [6.45, 7) is 2.65. The van der Waals surface area contributed by atoms with Crippen molar-refractivity contribution in [1.82, 2.24) is 4.90 Å². The molecule has 3 N–H and O–H groups in total. The van der Waals surface area contributed by atoms with E-state index in [1.165, 1.54) is 0 Å². The molecule has 6 heteroatoms. The Balaban J connectivity index is 1.47. The molecular weight excluding hydrogens is 290 g/mol. The number of likely N-dealkylation sites (tertiary alicyclic amines) is 1. The number of nitrogens with two attached hydrogens (primary N) is 1. The number of fused-ring (bicyclic) bond motifs is 2. The Bertz CT molecular complexity index is 526. The molecule has 0 aliphatic carbocycles. The van der Waals surface area contributed by atoms with E-state index in [0.717, 1.165) is 32.5 Å². The summed E-state index contributed by atoms with van der Waals surface area (Å²) in [5, 5.41) is 3.35. The molecule has 1 aromatic rings. The average Bonchev–Trinajstić information content (AvgIpc) is 2.80. The number of amides is 1. The Morgan fingerprint density at radius 3 is 2.76 bits per heavy atom. The largest absolute Gasteiger partial charge is 0.397 e. The van der Waals surface area contributed by atoms with Gasteiger partial charge < -0.3 is 15.8 Å². The summed E-state index contributed by atoms with van der Waals surface area (Å²) in [6.07, 6.45) is 3.50. The van der Waals surface area contributed by atoms with Crippen LogP contribution in [0.1, 0.15) is 19.3 Å². The van der Waals surface area contributed by atoms with E-state index in [2.05, 4.69) is 10.2 Å². The molecule has 0 radical (unpaired) electrons. The number of anilines is 2. The molecule has 2 heterocycles. The summed E-state index contributed by atoms with van der Waals surface area (Å²) < 4.78 is 5.79. The van der Waals surface area contributed by atoms with Crippen LogP contribution in [0.4, 0.5) is 11.4 Å². The molecule has 2 aliphatic heterocycles. The van der Waals surface area contributed by atoms with Crippen LogP contribution in [0.5, 0.6) is 0 Å². The third-order valence-corrected chi connectivity index (χ3v) is 4.40. The number of rotatable bonds is 4. The van der Waals surface area contributed by atoms with Crippen LogP contribution >= 0.6 is 11.6 Å². The quantitative estimate of drug-likeness (QED) is 0.836. The van der Waals surface area contributed by atoms with Gasteiger partial charge in [0.25, 0.3) is 0 Å². The van der Waals surface area contributed by atoms with Gasteiger partial charge in [-0.05, 0) is 31.0 Å². The molecule has 2 bridgehead atoms. The minimum Gasteiger partial charge on any atom is -0.397 e. The van der Waals surface area contributed by atoms with Gasteiger partial charge >= 0.3 is 0 Å². The first kappa shape index (κ1) is 14.6. The van der Waals surface area contributed by atoms with Crippen LogP contribution in [0.25, 0.3) is 0 Å². The molecule has 0 saturated carbocycles. The smallest absolute Gasteiger partial charge is 0.225 e. The Morgan fingerprint density at radius 2 is 2.10 bits per heavy atom. The molecule has 114 valence electrons. The number of nitrogens with one attached hydrogen (secondary N) is 1. The second-order valence-corrected chi connectivity index (χ2v) is 6.16. The molecule has 21 heavy (non-hydrogen) atoms. The number of benzene rings is 1. The van der Waals surface area contributed by atoms with Crippen molar-refractivity contribution in [3.63, 3.8) is 0 Å². The van der Waals surface area contributed by atoms with Crippen LogP contribution in [-0.4, -0.2) is 42.6 Å². The van der Waals surface area contributed by atoms with E-state index < -0.39 is 0 Å². The van der Waals surface area contributed by atoms with E-state index in [4.69, 9.17) is 22.1 Å².